The molecule has 4 aromatic rings. The fourth-order valence-electron chi connectivity index (χ4n) is 5.17. The molecule has 1 fully saturated rings. The van der Waals surface area contributed by atoms with Gasteiger partial charge in [-0.05, 0) is 23.6 Å². The van der Waals surface area contributed by atoms with Gasteiger partial charge in [-0.3, -0.25) is 14.4 Å². The van der Waals surface area contributed by atoms with Crippen molar-refractivity contribution < 1.29 is 33.4 Å². The smallest absolute Gasteiger partial charge is 0.417 e. The fourth-order valence-corrected chi connectivity index (χ4v) is 5.17. The van der Waals surface area contributed by atoms with Crippen molar-refractivity contribution in [1.82, 2.24) is 30.5 Å². The Hall–Kier alpha value is -5.46. The highest BCUT2D eigenvalue weighted by Crippen LogP contribution is 2.22. The summed E-state index contributed by atoms with van der Waals surface area (Å²) in [5, 5.41) is 6.27. The van der Waals surface area contributed by atoms with Crippen LogP contribution in [-0.2, 0) is 48.1 Å². The highest BCUT2D eigenvalue weighted by atomic mass is 16.6. The minimum Gasteiger partial charge on any atom is -0.467 e. The molecule has 1 aliphatic rings. The standard InChI is InChI=1S/C31H32N6O7/c1-43-30(41)25(13-20-15-33-23-10-6-5-9-22(20)23)36-28(39)24(14-21-16-32-18-34-21)35-29(40)26-11-12-27(38)37(26)31(42)44-17-19-7-3-2-4-8-19/h2-10,15-16,18,24-26,33H,11-14,17H2,1H3,(H,32,34)(H,35,40)(H,36,39)/t24-,25+,26-/m0/s1. The zero-order valence-electron chi connectivity index (χ0n) is 23.9. The Balaban J connectivity index is 1.30. The number of likely N-dealkylation sites (tertiary alicyclic amines) is 1. The number of nitrogens with zero attached hydrogens (tertiary/aromatic N) is 2. The Kier molecular flexibility index (Phi) is 9.33. The largest absolute Gasteiger partial charge is 0.467 e. The molecule has 0 aliphatic carbocycles. The number of imidazole rings is 1. The predicted octanol–water partition coefficient (Wildman–Crippen LogP) is 2.15. The van der Waals surface area contributed by atoms with E-state index in [1.54, 1.807) is 30.5 Å². The van der Waals surface area contributed by atoms with Gasteiger partial charge in [-0.15, -0.1) is 0 Å². The summed E-state index contributed by atoms with van der Waals surface area (Å²) < 4.78 is 10.3. The van der Waals surface area contributed by atoms with Crippen LogP contribution in [0.15, 0.2) is 73.3 Å². The highest BCUT2D eigenvalue weighted by Gasteiger charge is 2.42. The van der Waals surface area contributed by atoms with Crippen LogP contribution in [0, 0.1) is 0 Å². The molecule has 0 bridgehead atoms. The first-order chi connectivity index (χ1) is 21.3. The topological polar surface area (TPSA) is 176 Å². The number of H-pyrrole nitrogens is 2. The highest BCUT2D eigenvalue weighted by molar-refractivity contribution is 6.01. The predicted molar refractivity (Wildman–Crippen MR) is 157 cm³/mol. The summed E-state index contributed by atoms with van der Waals surface area (Å²) >= 11 is 0. The molecule has 0 radical (unpaired) electrons. The Morgan fingerprint density at radius 2 is 1.77 bits per heavy atom. The number of carbonyl (C=O) groups excluding carboxylic acids is 5. The SMILES string of the molecule is COC(=O)[C@@H](Cc1c[nH]c2ccccc12)NC(=O)[C@H](Cc1cnc[nH]1)NC(=O)[C@@H]1CCC(=O)N1C(=O)OCc1ccccc1. The van der Waals surface area contributed by atoms with E-state index in [4.69, 9.17) is 9.47 Å². The number of amides is 4. The third kappa shape index (κ3) is 6.94. The first-order valence-electron chi connectivity index (χ1n) is 14.1. The van der Waals surface area contributed by atoms with Crippen LogP contribution in [-0.4, -0.2) is 74.9 Å². The van der Waals surface area contributed by atoms with Gasteiger partial charge in [0.05, 0.1) is 13.4 Å². The van der Waals surface area contributed by atoms with Crippen LogP contribution < -0.4 is 10.6 Å². The van der Waals surface area contributed by atoms with E-state index in [9.17, 15) is 24.0 Å². The number of methoxy groups -OCH3 is 1. The van der Waals surface area contributed by atoms with E-state index in [2.05, 4.69) is 25.6 Å². The maximum absolute atomic E-state index is 13.6. The molecule has 4 N–H and O–H groups in total. The molecule has 228 valence electrons. The summed E-state index contributed by atoms with van der Waals surface area (Å²) in [6, 6.07) is 13.1. The van der Waals surface area contributed by atoms with E-state index < -0.39 is 47.9 Å². The number of fused-ring (bicyclic) bond motifs is 1. The number of imide groups is 1. The molecular weight excluding hydrogens is 568 g/mol. The molecule has 3 heterocycles. The number of esters is 1. The molecule has 13 heteroatoms. The molecule has 4 amide bonds. The van der Waals surface area contributed by atoms with Gasteiger partial charge in [-0.25, -0.2) is 19.5 Å². The summed E-state index contributed by atoms with van der Waals surface area (Å²) in [4.78, 5) is 76.2. The fraction of sp³-hybridized carbons (Fsp3) is 0.290. The average molecular weight is 601 g/mol. The lowest BCUT2D eigenvalue weighted by Gasteiger charge is -2.26. The molecule has 2 aromatic carbocycles. The number of benzene rings is 2. The zero-order valence-corrected chi connectivity index (χ0v) is 23.9. The van der Waals surface area contributed by atoms with Crippen molar-refractivity contribution in [3.63, 3.8) is 0 Å². The molecule has 5 rings (SSSR count). The van der Waals surface area contributed by atoms with Gasteiger partial charge in [0.15, 0.2) is 0 Å². The first-order valence-corrected chi connectivity index (χ1v) is 14.1. The van der Waals surface area contributed by atoms with E-state index in [0.29, 0.717) is 5.69 Å². The number of para-hydroxylation sites is 1. The number of carbonyl (C=O) groups is 5. The van der Waals surface area contributed by atoms with E-state index in [0.717, 1.165) is 26.9 Å². The normalized spacial score (nSPS) is 15.9. The average Bonchev–Trinajstić information content (AvgIpc) is 3.80. The van der Waals surface area contributed by atoms with Crippen LogP contribution in [0.25, 0.3) is 10.9 Å². The van der Waals surface area contributed by atoms with Gasteiger partial charge in [0.1, 0.15) is 24.7 Å². The second-order valence-corrected chi connectivity index (χ2v) is 10.3. The van der Waals surface area contributed by atoms with E-state index >= 15 is 0 Å². The van der Waals surface area contributed by atoms with Gasteiger partial charge in [0.2, 0.25) is 17.7 Å². The minimum absolute atomic E-state index is 0.00231. The van der Waals surface area contributed by atoms with Crippen molar-refractivity contribution in [2.75, 3.05) is 7.11 Å². The molecule has 0 unspecified atom stereocenters. The lowest BCUT2D eigenvalue weighted by molar-refractivity contribution is -0.145. The lowest BCUT2D eigenvalue weighted by atomic mass is 10.0. The Morgan fingerprint density at radius 1 is 1.00 bits per heavy atom. The molecule has 2 aromatic heterocycles. The van der Waals surface area contributed by atoms with Gasteiger partial charge in [-0.2, -0.15) is 0 Å². The van der Waals surface area contributed by atoms with E-state index in [1.807, 2.05) is 30.3 Å². The molecule has 0 spiro atoms. The third-order valence-corrected chi connectivity index (χ3v) is 7.43. The Labute approximate surface area is 252 Å². The van der Waals surface area contributed by atoms with Gasteiger partial charge in [-0.1, -0.05) is 48.5 Å². The van der Waals surface area contributed by atoms with Crippen molar-refractivity contribution in [2.45, 2.75) is 50.4 Å². The van der Waals surface area contributed by atoms with Gasteiger partial charge >= 0.3 is 12.1 Å². The van der Waals surface area contributed by atoms with Crippen LogP contribution in [0.3, 0.4) is 0 Å². The number of ether oxygens (including phenoxy) is 2. The second-order valence-electron chi connectivity index (χ2n) is 10.3. The third-order valence-electron chi connectivity index (χ3n) is 7.43. The molecule has 13 nitrogen and oxygen atoms in total. The number of hydrogen-bond acceptors (Lipinski definition) is 8. The number of rotatable bonds is 11. The Morgan fingerprint density at radius 3 is 2.52 bits per heavy atom. The molecule has 1 aliphatic heterocycles. The van der Waals surface area contributed by atoms with Crippen LogP contribution in [0.5, 0.6) is 0 Å². The summed E-state index contributed by atoms with van der Waals surface area (Å²) in [6.45, 7) is -0.0754. The van der Waals surface area contributed by atoms with E-state index in [-0.39, 0.29) is 32.3 Å². The van der Waals surface area contributed by atoms with Crippen LogP contribution in [0.4, 0.5) is 4.79 Å². The quantitative estimate of drug-likeness (QED) is 0.189. The van der Waals surface area contributed by atoms with Gasteiger partial charge in [0.25, 0.3) is 0 Å². The monoisotopic (exact) mass is 600 g/mol. The van der Waals surface area contributed by atoms with Gasteiger partial charge in [0, 0.05) is 48.3 Å². The Bertz CT molecular complexity index is 1640. The van der Waals surface area contributed by atoms with Crippen molar-refractivity contribution in [2.24, 2.45) is 0 Å². The molecule has 44 heavy (non-hydrogen) atoms. The molecule has 3 atom stereocenters. The molecule has 1 saturated heterocycles. The minimum atomic E-state index is -1.18. The first kappa shape index (κ1) is 30.0. The number of aromatic nitrogens is 3. The van der Waals surface area contributed by atoms with Crippen molar-refractivity contribution in [3.05, 3.63) is 90.1 Å². The maximum Gasteiger partial charge on any atom is 0.417 e. The number of aromatic amines is 2. The second kappa shape index (κ2) is 13.7. The van der Waals surface area contributed by atoms with E-state index in [1.165, 1.54) is 19.6 Å². The summed E-state index contributed by atoms with van der Waals surface area (Å²) in [5.74, 6) is -2.59. The summed E-state index contributed by atoms with van der Waals surface area (Å²) in [5.41, 5.74) is 2.93. The summed E-state index contributed by atoms with van der Waals surface area (Å²) in [7, 11) is 1.23. The zero-order chi connectivity index (χ0) is 31.1. The van der Waals surface area contributed by atoms with Crippen molar-refractivity contribution in [3.8, 4) is 0 Å². The number of nitrogens with one attached hydrogen (secondary N) is 4. The maximum atomic E-state index is 13.6. The van der Waals surface area contributed by atoms with Gasteiger partial charge < -0.3 is 30.1 Å². The molecular formula is C31H32N6O7. The van der Waals surface area contributed by atoms with Crippen LogP contribution >= 0.6 is 0 Å². The van der Waals surface area contributed by atoms with Crippen molar-refractivity contribution >= 4 is 40.7 Å². The van der Waals surface area contributed by atoms with Crippen molar-refractivity contribution in [1.29, 1.82) is 0 Å². The summed E-state index contributed by atoms with van der Waals surface area (Å²) in [6.07, 6.45) is 3.90. The van der Waals surface area contributed by atoms with Crippen LogP contribution in [0.2, 0.25) is 0 Å². The van der Waals surface area contributed by atoms with Crippen LogP contribution in [0.1, 0.15) is 29.7 Å². The lowest BCUT2D eigenvalue weighted by Crippen LogP contribution is -2.56. The molecule has 0 saturated carbocycles. The number of hydrogen-bond donors (Lipinski definition) is 4.